The van der Waals surface area contributed by atoms with Gasteiger partial charge in [-0.1, -0.05) is 17.3 Å². The Kier molecular flexibility index (Phi) is 4.82. The van der Waals surface area contributed by atoms with Gasteiger partial charge in [-0.15, -0.1) is 0 Å². The first kappa shape index (κ1) is 17.2. The molecule has 1 fully saturated rings. The van der Waals surface area contributed by atoms with Crippen molar-refractivity contribution in [2.24, 2.45) is 0 Å². The number of hydrogen-bond donors (Lipinski definition) is 0. The fraction of sp³-hybridized carbons (Fsp3) is 0.300. The highest BCUT2D eigenvalue weighted by Gasteiger charge is 2.37. The van der Waals surface area contributed by atoms with Gasteiger partial charge in [0.25, 0.3) is 0 Å². The minimum Gasteiger partial charge on any atom is -0.497 e. The molecule has 1 saturated heterocycles. The van der Waals surface area contributed by atoms with E-state index < -0.39 is 0 Å². The van der Waals surface area contributed by atoms with Crippen LogP contribution >= 0.6 is 0 Å². The molecule has 0 unspecified atom stereocenters. The van der Waals surface area contributed by atoms with E-state index >= 15 is 0 Å². The third kappa shape index (κ3) is 3.67. The van der Waals surface area contributed by atoms with Crippen LogP contribution in [0.25, 0.3) is 11.4 Å². The van der Waals surface area contributed by atoms with Crippen molar-refractivity contribution < 1.29 is 14.1 Å². The van der Waals surface area contributed by atoms with E-state index in [9.17, 15) is 4.79 Å². The van der Waals surface area contributed by atoms with Crippen molar-refractivity contribution in [3.05, 3.63) is 60.2 Å². The molecule has 0 N–H and O–H groups in total. The standard InChI is InChI=1S/C20H20N4O3/c1-26-16-7-4-14(5-8-16)6-9-18(25)24-12-10-17(24)20-22-19(23-27-20)15-3-2-11-21-13-15/h2-5,7-8,11,13,17H,6,9-10,12H2,1H3/t17-/m0/s1. The third-order valence-electron chi connectivity index (χ3n) is 4.77. The van der Waals surface area contributed by atoms with Gasteiger partial charge in [0.2, 0.25) is 17.6 Å². The second kappa shape index (κ2) is 7.57. The molecule has 4 rings (SSSR count). The summed E-state index contributed by atoms with van der Waals surface area (Å²) in [5, 5.41) is 4.02. The van der Waals surface area contributed by atoms with Crippen molar-refractivity contribution in [2.75, 3.05) is 13.7 Å². The Hall–Kier alpha value is -3.22. The van der Waals surface area contributed by atoms with Crippen molar-refractivity contribution in [1.29, 1.82) is 0 Å². The number of carbonyl (C=O) groups excluding carboxylic acids is 1. The number of benzene rings is 1. The molecular formula is C20H20N4O3. The molecule has 7 heteroatoms. The van der Waals surface area contributed by atoms with Crippen molar-refractivity contribution in [3.63, 3.8) is 0 Å². The van der Waals surface area contributed by atoms with Crippen molar-refractivity contribution in [1.82, 2.24) is 20.0 Å². The molecule has 1 aromatic carbocycles. The summed E-state index contributed by atoms with van der Waals surface area (Å²) >= 11 is 0. The molecule has 138 valence electrons. The average Bonchev–Trinajstić information content (AvgIpc) is 3.16. The zero-order valence-corrected chi connectivity index (χ0v) is 15.0. The number of rotatable bonds is 6. The van der Waals surface area contributed by atoms with Crippen LogP contribution in [-0.4, -0.2) is 39.6 Å². The van der Waals surface area contributed by atoms with E-state index in [1.807, 2.05) is 41.3 Å². The molecule has 1 aliphatic rings. The lowest BCUT2D eigenvalue weighted by atomic mass is 10.0. The fourth-order valence-corrected chi connectivity index (χ4v) is 3.11. The Bertz CT molecular complexity index is 908. The maximum Gasteiger partial charge on any atom is 0.249 e. The Morgan fingerprint density at radius 1 is 1.30 bits per heavy atom. The smallest absolute Gasteiger partial charge is 0.249 e. The summed E-state index contributed by atoms with van der Waals surface area (Å²) in [6.45, 7) is 0.719. The summed E-state index contributed by atoms with van der Waals surface area (Å²) in [7, 11) is 1.64. The van der Waals surface area contributed by atoms with Crippen LogP contribution in [0.5, 0.6) is 5.75 Å². The molecule has 3 heterocycles. The lowest BCUT2D eigenvalue weighted by Crippen LogP contribution is -2.45. The fourth-order valence-electron chi connectivity index (χ4n) is 3.11. The highest BCUT2D eigenvalue weighted by molar-refractivity contribution is 5.77. The molecule has 1 aliphatic heterocycles. The van der Waals surface area contributed by atoms with Crippen LogP contribution in [0.3, 0.4) is 0 Å². The quantitative estimate of drug-likeness (QED) is 0.669. The Labute approximate surface area is 157 Å². The van der Waals surface area contributed by atoms with Crippen LogP contribution in [0, 0.1) is 0 Å². The van der Waals surface area contributed by atoms with Gasteiger partial charge in [-0.25, -0.2) is 0 Å². The second-order valence-electron chi connectivity index (χ2n) is 6.44. The number of carbonyl (C=O) groups is 1. The Morgan fingerprint density at radius 3 is 2.81 bits per heavy atom. The minimum absolute atomic E-state index is 0.100. The van der Waals surface area contributed by atoms with Crippen molar-refractivity contribution in [3.8, 4) is 17.1 Å². The monoisotopic (exact) mass is 364 g/mol. The van der Waals surface area contributed by atoms with Gasteiger partial charge in [-0.05, 0) is 42.7 Å². The molecule has 0 radical (unpaired) electrons. The third-order valence-corrected chi connectivity index (χ3v) is 4.77. The lowest BCUT2D eigenvalue weighted by Gasteiger charge is -2.38. The van der Waals surface area contributed by atoms with E-state index in [0.717, 1.165) is 29.8 Å². The van der Waals surface area contributed by atoms with Crippen molar-refractivity contribution >= 4 is 5.91 Å². The summed E-state index contributed by atoms with van der Waals surface area (Å²) in [5.41, 5.74) is 1.90. The van der Waals surface area contributed by atoms with E-state index in [4.69, 9.17) is 9.26 Å². The van der Waals surface area contributed by atoms with Gasteiger partial charge < -0.3 is 14.2 Å². The van der Waals surface area contributed by atoms with E-state index in [1.54, 1.807) is 19.5 Å². The number of methoxy groups -OCH3 is 1. The molecule has 0 saturated carbocycles. The molecule has 1 amide bonds. The molecule has 3 aromatic rings. The summed E-state index contributed by atoms with van der Waals surface area (Å²) in [5.74, 6) is 1.89. The second-order valence-corrected chi connectivity index (χ2v) is 6.44. The van der Waals surface area contributed by atoms with E-state index in [2.05, 4.69) is 15.1 Å². The summed E-state index contributed by atoms with van der Waals surface area (Å²) in [6, 6.07) is 11.3. The van der Waals surface area contributed by atoms with E-state index in [-0.39, 0.29) is 11.9 Å². The van der Waals surface area contributed by atoms with Gasteiger partial charge in [-0.3, -0.25) is 9.78 Å². The molecule has 2 aromatic heterocycles. The predicted octanol–water partition coefficient (Wildman–Crippen LogP) is 3.05. The zero-order chi connectivity index (χ0) is 18.6. The number of amides is 1. The number of aryl methyl sites for hydroxylation is 1. The van der Waals surface area contributed by atoms with Crippen LogP contribution in [-0.2, 0) is 11.2 Å². The van der Waals surface area contributed by atoms with E-state index in [1.165, 1.54) is 0 Å². The van der Waals surface area contributed by atoms with Crippen LogP contribution in [0.15, 0.2) is 53.3 Å². The predicted molar refractivity (Wildman–Crippen MR) is 97.9 cm³/mol. The molecule has 27 heavy (non-hydrogen) atoms. The van der Waals surface area contributed by atoms with Gasteiger partial charge in [-0.2, -0.15) is 4.98 Å². The Morgan fingerprint density at radius 2 is 2.15 bits per heavy atom. The van der Waals surface area contributed by atoms with Gasteiger partial charge in [0.05, 0.1) is 7.11 Å². The first-order chi connectivity index (χ1) is 13.2. The van der Waals surface area contributed by atoms with Gasteiger partial charge >= 0.3 is 0 Å². The Balaban J connectivity index is 1.37. The number of hydrogen-bond acceptors (Lipinski definition) is 6. The van der Waals surface area contributed by atoms with Crippen LogP contribution in [0.2, 0.25) is 0 Å². The van der Waals surface area contributed by atoms with E-state index in [0.29, 0.717) is 24.6 Å². The average molecular weight is 364 g/mol. The molecule has 7 nitrogen and oxygen atoms in total. The number of likely N-dealkylation sites (tertiary alicyclic amines) is 1. The highest BCUT2D eigenvalue weighted by atomic mass is 16.5. The topological polar surface area (TPSA) is 81.4 Å². The minimum atomic E-state index is -0.133. The lowest BCUT2D eigenvalue weighted by molar-refractivity contribution is -0.140. The maximum absolute atomic E-state index is 12.6. The van der Waals surface area contributed by atoms with Crippen LogP contribution in [0.4, 0.5) is 0 Å². The van der Waals surface area contributed by atoms with Gasteiger partial charge in [0.1, 0.15) is 11.8 Å². The summed E-state index contributed by atoms with van der Waals surface area (Å²) in [4.78, 5) is 22.9. The van der Waals surface area contributed by atoms with Crippen molar-refractivity contribution in [2.45, 2.75) is 25.3 Å². The molecule has 0 aliphatic carbocycles. The summed E-state index contributed by atoms with van der Waals surface area (Å²) in [6.07, 6.45) is 5.36. The largest absolute Gasteiger partial charge is 0.497 e. The summed E-state index contributed by atoms with van der Waals surface area (Å²) < 4.78 is 10.5. The van der Waals surface area contributed by atoms with Gasteiger partial charge in [0.15, 0.2) is 0 Å². The first-order valence-electron chi connectivity index (χ1n) is 8.91. The number of nitrogens with zero attached hydrogens (tertiary/aromatic N) is 4. The normalized spacial score (nSPS) is 16.0. The number of pyridine rings is 1. The first-order valence-corrected chi connectivity index (χ1v) is 8.91. The van der Waals surface area contributed by atoms with Gasteiger partial charge in [0, 0.05) is 30.9 Å². The number of aromatic nitrogens is 3. The maximum atomic E-state index is 12.6. The SMILES string of the molecule is COc1ccc(CCC(=O)N2CC[C@H]2c2nc(-c3cccnc3)no2)cc1. The molecule has 0 bridgehead atoms. The molecule has 0 spiro atoms. The zero-order valence-electron chi connectivity index (χ0n) is 15.0. The van der Waals surface area contributed by atoms with Crippen LogP contribution in [0.1, 0.15) is 30.3 Å². The molecular weight excluding hydrogens is 344 g/mol. The number of ether oxygens (including phenoxy) is 1. The van der Waals surface area contributed by atoms with Crippen LogP contribution < -0.4 is 4.74 Å². The highest BCUT2D eigenvalue weighted by Crippen LogP contribution is 2.33. The molecule has 1 atom stereocenters.